The van der Waals surface area contributed by atoms with Crippen LogP contribution in [0.15, 0.2) is 59.1 Å². The summed E-state index contributed by atoms with van der Waals surface area (Å²) in [6.45, 7) is 0. The number of benzene rings is 2. The second-order valence-electron chi connectivity index (χ2n) is 5.15. The molecule has 1 aliphatic rings. The van der Waals surface area contributed by atoms with Gasteiger partial charge in [-0.15, -0.1) is 10.2 Å². The molecule has 0 amide bonds. The van der Waals surface area contributed by atoms with Crippen LogP contribution in [0.3, 0.4) is 0 Å². The maximum absolute atomic E-state index is 10.1. The Labute approximate surface area is 142 Å². The SMILES string of the molecule is COc1cccc(C2=CSc3nnc(-c4ccccc4O)n3N2)c1. The van der Waals surface area contributed by atoms with E-state index in [2.05, 4.69) is 15.6 Å². The van der Waals surface area contributed by atoms with Crippen molar-refractivity contribution >= 4 is 17.5 Å². The molecule has 0 atom stereocenters. The Morgan fingerprint density at radius 1 is 1.12 bits per heavy atom. The molecule has 0 spiro atoms. The van der Waals surface area contributed by atoms with Crippen molar-refractivity contribution in [2.75, 3.05) is 12.5 Å². The minimum Gasteiger partial charge on any atom is -0.507 e. The molecule has 2 heterocycles. The first kappa shape index (κ1) is 14.6. The highest BCUT2D eigenvalue weighted by Crippen LogP contribution is 2.34. The predicted molar refractivity (Wildman–Crippen MR) is 93.3 cm³/mol. The topological polar surface area (TPSA) is 72.2 Å². The van der Waals surface area contributed by atoms with Crippen LogP contribution >= 0.6 is 11.8 Å². The monoisotopic (exact) mass is 338 g/mol. The summed E-state index contributed by atoms with van der Waals surface area (Å²) in [7, 11) is 1.64. The fraction of sp³-hybridized carbons (Fsp3) is 0.0588. The molecule has 6 nitrogen and oxygen atoms in total. The number of para-hydroxylation sites is 1. The van der Waals surface area contributed by atoms with Gasteiger partial charge in [-0.3, -0.25) is 5.43 Å². The Morgan fingerprint density at radius 2 is 2.00 bits per heavy atom. The zero-order valence-corrected chi connectivity index (χ0v) is 13.6. The molecule has 1 aromatic heterocycles. The summed E-state index contributed by atoms with van der Waals surface area (Å²) in [4.78, 5) is 0. The van der Waals surface area contributed by atoms with Crippen molar-refractivity contribution in [3.05, 3.63) is 59.5 Å². The molecule has 7 heteroatoms. The van der Waals surface area contributed by atoms with Gasteiger partial charge in [-0.2, -0.15) is 0 Å². The van der Waals surface area contributed by atoms with Gasteiger partial charge in [0.15, 0.2) is 5.82 Å². The number of aromatic hydroxyl groups is 1. The number of aromatic nitrogens is 3. The molecule has 120 valence electrons. The molecular formula is C17H14N4O2S. The Morgan fingerprint density at radius 3 is 2.83 bits per heavy atom. The van der Waals surface area contributed by atoms with Crippen LogP contribution in [0.2, 0.25) is 0 Å². The van der Waals surface area contributed by atoms with Gasteiger partial charge in [0.2, 0.25) is 5.16 Å². The summed E-state index contributed by atoms with van der Waals surface area (Å²) < 4.78 is 7.05. The second-order valence-corrected chi connectivity index (χ2v) is 5.99. The molecule has 0 bridgehead atoms. The normalized spacial score (nSPS) is 13.0. The highest BCUT2D eigenvalue weighted by molar-refractivity contribution is 8.02. The van der Waals surface area contributed by atoms with Crippen molar-refractivity contribution in [1.82, 2.24) is 14.9 Å². The molecule has 3 aromatic rings. The number of phenols is 1. The fourth-order valence-corrected chi connectivity index (χ4v) is 3.20. The lowest BCUT2D eigenvalue weighted by Gasteiger charge is -2.19. The summed E-state index contributed by atoms with van der Waals surface area (Å²) in [5.74, 6) is 1.51. The summed E-state index contributed by atoms with van der Waals surface area (Å²) in [5.41, 5.74) is 5.82. The van der Waals surface area contributed by atoms with Crippen molar-refractivity contribution in [2.24, 2.45) is 0 Å². The maximum Gasteiger partial charge on any atom is 0.214 e. The molecule has 2 N–H and O–H groups in total. The third-order valence-electron chi connectivity index (χ3n) is 3.67. The zero-order valence-electron chi connectivity index (χ0n) is 12.8. The lowest BCUT2D eigenvalue weighted by molar-refractivity contribution is 0.414. The molecule has 2 aromatic carbocycles. The number of nitrogens with zero attached hydrogens (tertiary/aromatic N) is 3. The maximum atomic E-state index is 10.1. The minimum absolute atomic E-state index is 0.164. The summed E-state index contributed by atoms with van der Waals surface area (Å²) >= 11 is 1.47. The number of methoxy groups -OCH3 is 1. The van der Waals surface area contributed by atoms with Gasteiger partial charge >= 0.3 is 0 Å². The highest BCUT2D eigenvalue weighted by Gasteiger charge is 2.21. The van der Waals surface area contributed by atoms with Crippen molar-refractivity contribution in [3.8, 4) is 22.9 Å². The van der Waals surface area contributed by atoms with Gasteiger partial charge in [0.1, 0.15) is 11.5 Å². The number of hydrogen-bond acceptors (Lipinski definition) is 6. The molecule has 24 heavy (non-hydrogen) atoms. The Kier molecular flexibility index (Phi) is 3.62. The third kappa shape index (κ3) is 2.48. The van der Waals surface area contributed by atoms with Crippen LogP contribution in [-0.4, -0.2) is 27.1 Å². The van der Waals surface area contributed by atoms with Crippen LogP contribution in [0, 0.1) is 0 Å². The number of ether oxygens (including phenoxy) is 1. The molecule has 4 rings (SSSR count). The van der Waals surface area contributed by atoms with Gasteiger partial charge in [0.05, 0.1) is 18.4 Å². The van der Waals surface area contributed by atoms with E-state index in [9.17, 15) is 5.11 Å². The second kappa shape index (κ2) is 5.93. The van der Waals surface area contributed by atoms with Gasteiger partial charge in [-0.05, 0) is 24.3 Å². The largest absolute Gasteiger partial charge is 0.507 e. The third-order valence-corrected chi connectivity index (χ3v) is 4.50. The summed E-state index contributed by atoms with van der Waals surface area (Å²) in [5, 5.41) is 21.1. The van der Waals surface area contributed by atoms with E-state index in [0.29, 0.717) is 16.5 Å². The van der Waals surface area contributed by atoms with E-state index < -0.39 is 0 Å². The van der Waals surface area contributed by atoms with E-state index in [0.717, 1.165) is 17.0 Å². The van der Waals surface area contributed by atoms with Gasteiger partial charge in [-0.25, -0.2) is 4.68 Å². The first-order chi connectivity index (χ1) is 11.8. The van der Waals surface area contributed by atoms with Crippen LogP contribution < -0.4 is 10.2 Å². The van der Waals surface area contributed by atoms with E-state index in [-0.39, 0.29) is 5.75 Å². The van der Waals surface area contributed by atoms with Crippen molar-refractivity contribution in [2.45, 2.75) is 5.16 Å². The van der Waals surface area contributed by atoms with E-state index in [4.69, 9.17) is 4.74 Å². The van der Waals surface area contributed by atoms with Crippen LogP contribution in [0.4, 0.5) is 0 Å². The zero-order chi connectivity index (χ0) is 16.5. The molecular weight excluding hydrogens is 324 g/mol. The van der Waals surface area contributed by atoms with E-state index in [1.54, 1.807) is 23.9 Å². The molecule has 0 unspecified atom stereocenters. The molecule has 1 aliphatic heterocycles. The Hall–Kier alpha value is -2.93. The van der Waals surface area contributed by atoms with Crippen molar-refractivity contribution < 1.29 is 9.84 Å². The number of fused-ring (bicyclic) bond motifs is 1. The number of thioether (sulfide) groups is 1. The molecule has 0 radical (unpaired) electrons. The number of phenolic OH excluding ortho intramolecular Hbond substituents is 1. The standard InChI is InChI=1S/C17H14N4O2S/c1-23-12-6-4-5-11(9-12)14-10-24-17-19-18-16(21(17)20-14)13-7-2-3-8-15(13)22/h2-10,20,22H,1H3. The summed E-state index contributed by atoms with van der Waals surface area (Å²) in [6.07, 6.45) is 0. The van der Waals surface area contributed by atoms with Crippen molar-refractivity contribution in [3.63, 3.8) is 0 Å². The van der Waals surface area contributed by atoms with Crippen LogP contribution in [0.1, 0.15) is 5.56 Å². The van der Waals surface area contributed by atoms with E-state index in [1.165, 1.54) is 11.8 Å². The summed E-state index contributed by atoms with van der Waals surface area (Å²) in [6, 6.07) is 14.9. The number of hydrogen-bond donors (Lipinski definition) is 2. The van der Waals surface area contributed by atoms with Crippen LogP contribution in [0.25, 0.3) is 17.1 Å². The number of rotatable bonds is 3. The van der Waals surface area contributed by atoms with Gasteiger partial charge in [0, 0.05) is 11.0 Å². The van der Waals surface area contributed by atoms with Gasteiger partial charge in [-0.1, -0.05) is 36.0 Å². The minimum atomic E-state index is 0.164. The quantitative estimate of drug-likeness (QED) is 0.763. The fourth-order valence-electron chi connectivity index (χ4n) is 2.47. The van der Waals surface area contributed by atoms with Crippen molar-refractivity contribution in [1.29, 1.82) is 0 Å². The first-order valence-electron chi connectivity index (χ1n) is 7.28. The van der Waals surface area contributed by atoms with E-state index >= 15 is 0 Å². The van der Waals surface area contributed by atoms with Crippen LogP contribution in [-0.2, 0) is 0 Å². The number of nitrogens with one attached hydrogen (secondary N) is 1. The molecule has 0 fully saturated rings. The average Bonchev–Trinajstić information content (AvgIpc) is 3.05. The van der Waals surface area contributed by atoms with Gasteiger partial charge in [0.25, 0.3) is 0 Å². The Balaban J connectivity index is 1.72. The van der Waals surface area contributed by atoms with E-state index in [1.807, 2.05) is 41.8 Å². The smallest absolute Gasteiger partial charge is 0.214 e. The average molecular weight is 338 g/mol. The highest BCUT2D eigenvalue weighted by atomic mass is 32.2. The lowest BCUT2D eigenvalue weighted by atomic mass is 10.1. The van der Waals surface area contributed by atoms with Gasteiger partial charge < -0.3 is 9.84 Å². The lowest BCUT2D eigenvalue weighted by Crippen LogP contribution is -2.18. The molecule has 0 saturated carbocycles. The van der Waals surface area contributed by atoms with Crippen LogP contribution in [0.5, 0.6) is 11.5 Å². The Bertz CT molecular complexity index is 936. The molecule has 0 aliphatic carbocycles. The predicted octanol–water partition coefficient (Wildman–Crippen LogP) is 3.31. The first-order valence-corrected chi connectivity index (χ1v) is 8.16. The molecule has 0 saturated heterocycles.